The molecule has 1 saturated heterocycles. The summed E-state index contributed by atoms with van der Waals surface area (Å²) in [5.74, 6) is -0.758. The molecule has 3 rings (SSSR count). The van der Waals surface area contributed by atoms with Crippen LogP contribution in [0.15, 0.2) is 36.4 Å². The summed E-state index contributed by atoms with van der Waals surface area (Å²) in [5, 5.41) is 11.3. The maximum atomic E-state index is 14.6. The van der Waals surface area contributed by atoms with Crippen molar-refractivity contribution in [3.8, 4) is 5.75 Å². The lowest BCUT2D eigenvalue weighted by atomic mass is 10.0. The Morgan fingerprint density at radius 3 is 2.33 bits per heavy atom. The van der Waals surface area contributed by atoms with Gasteiger partial charge in [0.1, 0.15) is 5.54 Å². The van der Waals surface area contributed by atoms with Gasteiger partial charge in [-0.05, 0) is 71.1 Å². The van der Waals surface area contributed by atoms with Crippen LogP contribution in [-0.2, 0) is 4.79 Å². The molecule has 1 aliphatic heterocycles. The van der Waals surface area contributed by atoms with Crippen molar-refractivity contribution in [3.63, 3.8) is 0 Å². The van der Waals surface area contributed by atoms with Crippen LogP contribution in [0.3, 0.4) is 0 Å². The van der Waals surface area contributed by atoms with Gasteiger partial charge in [-0.3, -0.25) is 19.8 Å². The number of aryl methyl sites for hydroxylation is 1. The van der Waals surface area contributed by atoms with Crippen molar-refractivity contribution in [3.05, 3.63) is 57.9 Å². The molecule has 1 aliphatic rings. The predicted octanol–water partition coefficient (Wildman–Crippen LogP) is 4.75. The van der Waals surface area contributed by atoms with Gasteiger partial charge >= 0.3 is 0 Å². The van der Waals surface area contributed by atoms with Crippen molar-refractivity contribution < 1.29 is 18.8 Å². The van der Waals surface area contributed by atoms with Gasteiger partial charge in [0.25, 0.3) is 11.6 Å². The average Bonchev–Trinajstić information content (AvgIpc) is 2.81. The van der Waals surface area contributed by atoms with E-state index in [0.717, 1.165) is 0 Å². The van der Waals surface area contributed by atoms with Gasteiger partial charge in [-0.25, -0.2) is 4.39 Å². The van der Waals surface area contributed by atoms with E-state index in [-0.39, 0.29) is 28.6 Å². The first kappa shape index (κ1) is 21.6. The number of anilines is 2. The second kappa shape index (κ2) is 7.64. The zero-order valence-corrected chi connectivity index (χ0v) is 18.1. The van der Waals surface area contributed by atoms with E-state index >= 15 is 0 Å². The largest absolute Gasteiger partial charge is 0.488 e. The lowest BCUT2D eigenvalue weighted by molar-refractivity contribution is -0.385. The van der Waals surface area contributed by atoms with Crippen LogP contribution in [0.2, 0.25) is 0 Å². The number of ether oxygens (including phenoxy) is 1. The minimum atomic E-state index is -1.08. The standard InChI is InChI=1S/C21H22FN3O4S/c1-12(2)29-18-9-7-15(11-16(18)22)24-20(30)23(19(26)21(24,4)5)14-6-8-17(25(27)28)13(3)10-14/h6-12H,1-5H3. The Morgan fingerprint density at radius 1 is 1.17 bits per heavy atom. The minimum absolute atomic E-state index is 0.0461. The number of hydrogen-bond donors (Lipinski definition) is 0. The Kier molecular flexibility index (Phi) is 5.51. The highest BCUT2D eigenvalue weighted by atomic mass is 32.1. The molecule has 30 heavy (non-hydrogen) atoms. The molecule has 0 N–H and O–H groups in total. The number of halogens is 1. The second-order valence-electron chi connectivity index (χ2n) is 7.83. The van der Waals surface area contributed by atoms with E-state index < -0.39 is 16.3 Å². The highest BCUT2D eigenvalue weighted by Crippen LogP contribution is 2.38. The zero-order chi connectivity index (χ0) is 22.4. The highest BCUT2D eigenvalue weighted by molar-refractivity contribution is 7.81. The van der Waals surface area contributed by atoms with E-state index in [4.69, 9.17) is 17.0 Å². The topological polar surface area (TPSA) is 75.9 Å². The fourth-order valence-electron chi connectivity index (χ4n) is 3.42. The number of nitro benzene ring substituents is 1. The average molecular weight is 431 g/mol. The van der Waals surface area contributed by atoms with Gasteiger partial charge in [0, 0.05) is 23.4 Å². The normalized spacial score (nSPS) is 15.8. The molecule has 2 aromatic carbocycles. The molecule has 158 valence electrons. The summed E-state index contributed by atoms with van der Waals surface area (Å²) in [6, 6.07) is 8.80. The molecule has 7 nitrogen and oxygen atoms in total. The van der Waals surface area contributed by atoms with Crippen molar-refractivity contribution in [2.24, 2.45) is 0 Å². The Hall–Kier alpha value is -3.07. The van der Waals surface area contributed by atoms with Crippen LogP contribution >= 0.6 is 12.2 Å². The number of hydrogen-bond acceptors (Lipinski definition) is 5. The SMILES string of the molecule is Cc1cc(N2C(=O)C(C)(C)N(c3ccc(OC(C)C)c(F)c3)C2=S)ccc1[N+](=O)[O-]. The summed E-state index contributed by atoms with van der Waals surface area (Å²) < 4.78 is 20.0. The molecule has 0 unspecified atom stereocenters. The predicted molar refractivity (Wildman–Crippen MR) is 117 cm³/mol. The number of carbonyl (C=O) groups is 1. The number of benzene rings is 2. The van der Waals surface area contributed by atoms with Crippen LogP contribution in [0.5, 0.6) is 5.75 Å². The van der Waals surface area contributed by atoms with E-state index in [1.807, 2.05) is 0 Å². The molecule has 0 radical (unpaired) electrons. The smallest absolute Gasteiger partial charge is 0.272 e. The molecule has 1 amide bonds. The summed E-state index contributed by atoms with van der Waals surface area (Å²) in [6.07, 6.45) is -0.183. The van der Waals surface area contributed by atoms with Crippen LogP contribution in [-0.4, -0.2) is 27.6 Å². The Labute approximate surface area is 179 Å². The fourth-order valence-corrected chi connectivity index (χ4v) is 3.94. The summed E-state index contributed by atoms with van der Waals surface area (Å²) in [7, 11) is 0. The number of rotatable bonds is 5. The van der Waals surface area contributed by atoms with Crippen molar-refractivity contribution >= 4 is 40.3 Å². The van der Waals surface area contributed by atoms with Crippen molar-refractivity contribution in [2.45, 2.75) is 46.3 Å². The highest BCUT2D eigenvalue weighted by Gasteiger charge is 2.50. The van der Waals surface area contributed by atoms with Gasteiger partial charge in [-0.2, -0.15) is 0 Å². The van der Waals surface area contributed by atoms with Crippen LogP contribution in [0.25, 0.3) is 0 Å². The van der Waals surface area contributed by atoms with Crippen LogP contribution in [0, 0.1) is 22.9 Å². The van der Waals surface area contributed by atoms with Gasteiger partial charge in [0.15, 0.2) is 16.7 Å². The monoisotopic (exact) mass is 431 g/mol. The van der Waals surface area contributed by atoms with E-state index in [0.29, 0.717) is 16.9 Å². The number of carbonyl (C=O) groups excluding carboxylic acids is 1. The quantitative estimate of drug-likeness (QED) is 0.386. The number of amides is 1. The maximum absolute atomic E-state index is 14.6. The Bertz CT molecular complexity index is 1050. The lowest BCUT2D eigenvalue weighted by Gasteiger charge is -2.29. The van der Waals surface area contributed by atoms with E-state index in [1.54, 1.807) is 51.7 Å². The van der Waals surface area contributed by atoms with E-state index in [9.17, 15) is 19.3 Å². The first-order valence-corrected chi connectivity index (χ1v) is 9.76. The fraction of sp³-hybridized carbons (Fsp3) is 0.333. The van der Waals surface area contributed by atoms with Crippen molar-refractivity contribution in [2.75, 3.05) is 9.80 Å². The van der Waals surface area contributed by atoms with Gasteiger partial charge in [-0.1, -0.05) is 0 Å². The molecule has 2 aromatic rings. The Balaban J connectivity index is 2.02. The number of thiocarbonyl (C=S) groups is 1. The third-order valence-electron chi connectivity index (χ3n) is 4.84. The zero-order valence-electron chi connectivity index (χ0n) is 17.3. The molecule has 1 heterocycles. The third kappa shape index (κ3) is 3.60. The molecule has 0 atom stereocenters. The summed E-state index contributed by atoms with van der Waals surface area (Å²) in [6.45, 7) is 8.58. The van der Waals surface area contributed by atoms with Crippen LogP contribution in [0.1, 0.15) is 33.3 Å². The van der Waals surface area contributed by atoms with Gasteiger partial charge in [0.2, 0.25) is 0 Å². The molecular weight excluding hydrogens is 409 g/mol. The van der Waals surface area contributed by atoms with E-state index in [2.05, 4.69) is 0 Å². The maximum Gasteiger partial charge on any atom is 0.272 e. The molecular formula is C21H22FN3O4S. The molecule has 0 bridgehead atoms. The van der Waals surface area contributed by atoms with Crippen LogP contribution in [0.4, 0.5) is 21.5 Å². The Morgan fingerprint density at radius 2 is 1.80 bits per heavy atom. The lowest BCUT2D eigenvalue weighted by Crippen LogP contribution is -2.44. The number of nitro groups is 1. The second-order valence-corrected chi connectivity index (χ2v) is 8.19. The molecule has 9 heteroatoms. The van der Waals surface area contributed by atoms with E-state index in [1.165, 1.54) is 29.2 Å². The summed E-state index contributed by atoms with van der Waals surface area (Å²) in [5.41, 5.74) is 0.109. The molecule has 0 saturated carbocycles. The number of nitrogens with zero attached hydrogens (tertiary/aromatic N) is 3. The van der Waals surface area contributed by atoms with Gasteiger partial charge in [-0.15, -0.1) is 0 Å². The first-order chi connectivity index (χ1) is 13.9. The summed E-state index contributed by atoms with van der Waals surface area (Å²) in [4.78, 5) is 26.7. The molecule has 0 spiro atoms. The molecule has 0 aromatic heterocycles. The van der Waals surface area contributed by atoms with Crippen molar-refractivity contribution in [1.29, 1.82) is 0 Å². The van der Waals surface area contributed by atoms with Crippen LogP contribution < -0.4 is 14.5 Å². The minimum Gasteiger partial charge on any atom is -0.488 e. The summed E-state index contributed by atoms with van der Waals surface area (Å²) >= 11 is 5.57. The molecule has 1 fully saturated rings. The third-order valence-corrected chi connectivity index (χ3v) is 5.20. The molecule has 0 aliphatic carbocycles. The first-order valence-electron chi connectivity index (χ1n) is 9.35. The van der Waals surface area contributed by atoms with Gasteiger partial charge in [0.05, 0.1) is 16.7 Å². The van der Waals surface area contributed by atoms with Crippen molar-refractivity contribution in [1.82, 2.24) is 0 Å². The van der Waals surface area contributed by atoms with Gasteiger partial charge < -0.3 is 9.64 Å².